The summed E-state index contributed by atoms with van der Waals surface area (Å²) in [5.41, 5.74) is 1.61. The third-order valence-electron chi connectivity index (χ3n) is 4.05. The summed E-state index contributed by atoms with van der Waals surface area (Å²) < 4.78 is 0. The fourth-order valence-electron chi connectivity index (χ4n) is 2.72. The number of hydrogen-bond acceptors (Lipinski definition) is 4. The van der Waals surface area contributed by atoms with Gasteiger partial charge in [-0.3, -0.25) is 4.79 Å². The van der Waals surface area contributed by atoms with Gasteiger partial charge in [0.2, 0.25) is 5.91 Å². The van der Waals surface area contributed by atoms with Gasteiger partial charge in [-0.1, -0.05) is 23.7 Å². The van der Waals surface area contributed by atoms with Crippen molar-refractivity contribution in [1.29, 1.82) is 5.26 Å². The van der Waals surface area contributed by atoms with Crippen LogP contribution >= 0.6 is 11.6 Å². The molecule has 0 aliphatic heterocycles. The van der Waals surface area contributed by atoms with Crippen molar-refractivity contribution in [2.75, 3.05) is 18.4 Å². The Morgan fingerprint density at radius 1 is 1.33 bits per heavy atom. The van der Waals surface area contributed by atoms with Crippen molar-refractivity contribution in [2.45, 2.75) is 12.3 Å². The van der Waals surface area contributed by atoms with E-state index in [9.17, 15) is 4.79 Å². The first-order valence-corrected chi connectivity index (χ1v) is 8.19. The maximum Gasteiger partial charge on any atom is 0.223 e. The third-order valence-corrected chi connectivity index (χ3v) is 4.28. The number of pyridine rings is 1. The molecule has 122 valence electrons. The molecule has 1 heterocycles. The number of carbonyl (C=O) groups is 1. The molecule has 0 saturated heterocycles. The fourth-order valence-corrected chi connectivity index (χ4v) is 2.92. The van der Waals surface area contributed by atoms with Crippen molar-refractivity contribution in [3.8, 4) is 6.07 Å². The van der Waals surface area contributed by atoms with E-state index in [1.54, 1.807) is 18.3 Å². The van der Waals surface area contributed by atoms with Gasteiger partial charge in [0.25, 0.3) is 0 Å². The average molecular weight is 341 g/mol. The summed E-state index contributed by atoms with van der Waals surface area (Å²) in [6.07, 6.45) is 2.49. The summed E-state index contributed by atoms with van der Waals surface area (Å²) in [6, 6.07) is 13.2. The van der Waals surface area contributed by atoms with Gasteiger partial charge in [-0.2, -0.15) is 5.26 Å². The van der Waals surface area contributed by atoms with Crippen molar-refractivity contribution in [1.82, 2.24) is 10.3 Å². The van der Waals surface area contributed by atoms with E-state index in [1.807, 2.05) is 24.3 Å². The van der Waals surface area contributed by atoms with Crippen LogP contribution in [-0.2, 0) is 4.79 Å². The Labute approximate surface area is 145 Å². The molecule has 1 amide bonds. The zero-order chi connectivity index (χ0) is 16.9. The number of halogens is 1. The van der Waals surface area contributed by atoms with E-state index in [2.05, 4.69) is 21.7 Å². The lowest BCUT2D eigenvalue weighted by atomic mass is 10.1. The quantitative estimate of drug-likeness (QED) is 0.792. The number of nitriles is 1. The van der Waals surface area contributed by atoms with Crippen LogP contribution in [0.1, 0.15) is 23.5 Å². The number of amides is 1. The molecule has 0 spiro atoms. The molecule has 2 atom stereocenters. The Kier molecular flexibility index (Phi) is 4.97. The average Bonchev–Trinajstić information content (AvgIpc) is 3.40. The maximum absolute atomic E-state index is 12.2. The molecule has 3 rings (SSSR count). The van der Waals surface area contributed by atoms with Crippen LogP contribution in [0.5, 0.6) is 0 Å². The number of anilines is 1. The van der Waals surface area contributed by atoms with E-state index in [4.69, 9.17) is 16.9 Å². The lowest BCUT2D eigenvalue weighted by Gasteiger charge is -2.08. The Hall–Kier alpha value is -2.58. The van der Waals surface area contributed by atoms with Crippen LogP contribution in [0.15, 0.2) is 42.6 Å². The minimum Gasteiger partial charge on any atom is -0.367 e. The summed E-state index contributed by atoms with van der Waals surface area (Å²) in [6.45, 7) is 1.00. The summed E-state index contributed by atoms with van der Waals surface area (Å²) in [7, 11) is 0. The summed E-state index contributed by atoms with van der Waals surface area (Å²) in [4.78, 5) is 16.3. The molecule has 1 aliphatic rings. The molecule has 1 saturated carbocycles. The lowest BCUT2D eigenvalue weighted by Crippen LogP contribution is -2.30. The summed E-state index contributed by atoms with van der Waals surface area (Å²) >= 11 is 5.99. The predicted molar refractivity (Wildman–Crippen MR) is 92.8 cm³/mol. The molecule has 1 aliphatic carbocycles. The van der Waals surface area contributed by atoms with Gasteiger partial charge in [-0.15, -0.1) is 0 Å². The first-order chi connectivity index (χ1) is 11.7. The van der Waals surface area contributed by atoms with Gasteiger partial charge < -0.3 is 10.6 Å². The smallest absolute Gasteiger partial charge is 0.223 e. The zero-order valence-electron chi connectivity index (χ0n) is 13.0. The minimum absolute atomic E-state index is 0.0213. The highest BCUT2D eigenvalue weighted by atomic mass is 35.5. The summed E-state index contributed by atoms with van der Waals surface area (Å²) in [5, 5.41) is 15.7. The number of aromatic nitrogens is 1. The van der Waals surface area contributed by atoms with Gasteiger partial charge in [0.1, 0.15) is 11.9 Å². The first kappa shape index (κ1) is 16.3. The molecule has 0 radical (unpaired) electrons. The number of benzene rings is 1. The van der Waals surface area contributed by atoms with Crippen LogP contribution in [0.2, 0.25) is 5.02 Å². The van der Waals surface area contributed by atoms with Crippen LogP contribution in [0.3, 0.4) is 0 Å². The Bertz CT molecular complexity index is 787. The topological polar surface area (TPSA) is 77.8 Å². The molecule has 5 nitrogen and oxygen atoms in total. The van der Waals surface area contributed by atoms with E-state index in [0.29, 0.717) is 29.5 Å². The molecule has 6 heteroatoms. The van der Waals surface area contributed by atoms with E-state index in [1.165, 1.54) is 0 Å². The number of nitrogens with zero attached hydrogens (tertiary/aromatic N) is 2. The van der Waals surface area contributed by atoms with Crippen molar-refractivity contribution in [3.63, 3.8) is 0 Å². The van der Waals surface area contributed by atoms with Gasteiger partial charge in [0.05, 0.1) is 5.56 Å². The first-order valence-electron chi connectivity index (χ1n) is 7.81. The van der Waals surface area contributed by atoms with Crippen molar-refractivity contribution >= 4 is 23.3 Å². The molecule has 2 aromatic rings. The maximum atomic E-state index is 12.2. The van der Waals surface area contributed by atoms with Crippen LogP contribution in [-0.4, -0.2) is 24.0 Å². The van der Waals surface area contributed by atoms with Crippen molar-refractivity contribution < 1.29 is 4.79 Å². The molecule has 1 aromatic carbocycles. The van der Waals surface area contributed by atoms with E-state index < -0.39 is 0 Å². The number of hydrogen-bond donors (Lipinski definition) is 2. The molecule has 1 aromatic heterocycles. The Morgan fingerprint density at radius 2 is 2.21 bits per heavy atom. The molecule has 0 unspecified atom stereocenters. The zero-order valence-corrected chi connectivity index (χ0v) is 13.8. The standard InChI is InChI=1S/C18H17ClN4O/c19-14-5-1-3-12(9-14)15-10-16(15)18(24)23-8-7-22-17-13(11-20)4-2-6-21-17/h1-6,9,15-16H,7-8,10H2,(H,21,22)(H,23,24)/t15-,16-/m1/s1. The minimum atomic E-state index is 0.0213. The number of nitrogens with one attached hydrogen (secondary N) is 2. The van der Waals surface area contributed by atoms with Crippen LogP contribution in [0.4, 0.5) is 5.82 Å². The van der Waals surface area contributed by atoms with Crippen LogP contribution < -0.4 is 10.6 Å². The summed E-state index contributed by atoms with van der Waals surface area (Å²) in [5.74, 6) is 0.881. The van der Waals surface area contributed by atoms with Gasteiger partial charge in [-0.25, -0.2) is 4.98 Å². The molecule has 24 heavy (non-hydrogen) atoms. The van der Waals surface area contributed by atoms with Gasteiger partial charge >= 0.3 is 0 Å². The SMILES string of the molecule is N#Cc1cccnc1NCCNC(=O)[C@@H]1C[C@@H]1c1cccc(Cl)c1. The van der Waals surface area contributed by atoms with Gasteiger partial charge in [-0.05, 0) is 42.2 Å². The fraction of sp³-hybridized carbons (Fsp3) is 0.278. The van der Waals surface area contributed by atoms with Crippen LogP contribution in [0.25, 0.3) is 0 Å². The van der Waals surface area contributed by atoms with E-state index in [0.717, 1.165) is 12.0 Å². The van der Waals surface area contributed by atoms with Gasteiger partial charge in [0, 0.05) is 30.2 Å². The van der Waals surface area contributed by atoms with Gasteiger partial charge in [0.15, 0.2) is 0 Å². The second-order valence-electron chi connectivity index (χ2n) is 5.73. The molecule has 1 fully saturated rings. The highest BCUT2D eigenvalue weighted by Gasteiger charge is 2.43. The predicted octanol–water partition coefficient (Wildman–Crippen LogP) is 2.94. The second-order valence-corrected chi connectivity index (χ2v) is 6.17. The molecular formula is C18H17ClN4O. The van der Waals surface area contributed by atoms with Crippen LogP contribution in [0, 0.1) is 17.2 Å². The Balaban J connectivity index is 1.43. The Morgan fingerprint density at radius 3 is 3.00 bits per heavy atom. The largest absolute Gasteiger partial charge is 0.367 e. The number of carbonyl (C=O) groups excluding carboxylic acids is 1. The highest BCUT2D eigenvalue weighted by molar-refractivity contribution is 6.30. The van der Waals surface area contributed by atoms with E-state index >= 15 is 0 Å². The highest BCUT2D eigenvalue weighted by Crippen LogP contribution is 2.47. The second kappa shape index (κ2) is 7.33. The molecular weight excluding hydrogens is 324 g/mol. The van der Waals surface area contributed by atoms with Crippen molar-refractivity contribution in [2.24, 2.45) is 5.92 Å². The monoisotopic (exact) mass is 340 g/mol. The van der Waals surface area contributed by atoms with E-state index in [-0.39, 0.29) is 17.7 Å². The normalized spacial score (nSPS) is 18.5. The molecule has 0 bridgehead atoms. The van der Waals surface area contributed by atoms with Crippen molar-refractivity contribution in [3.05, 3.63) is 58.7 Å². The molecule has 2 N–H and O–H groups in total. The third kappa shape index (κ3) is 3.84. The number of rotatable bonds is 6. The lowest BCUT2D eigenvalue weighted by molar-refractivity contribution is -0.122.